The second-order valence-electron chi connectivity index (χ2n) is 6.56. The highest BCUT2D eigenvalue weighted by Crippen LogP contribution is 2.23. The van der Waals surface area contributed by atoms with Gasteiger partial charge >= 0.3 is 5.97 Å². The lowest BCUT2D eigenvalue weighted by molar-refractivity contribution is 0.0317. The number of sulfonamides is 1. The number of hydrogen-bond acceptors (Lipinski definition) is 6. The maximum absolute atomic E-state index is 12.6. The third-order valence-electron chi connectivity index (χ3n) is 3.89. The van der Waals surface area contributed by atoms with E-state index in [2.05, 4.69) is 20.7 Å². The third-order valence-corrected chi connectivity index (χ3v) is 6.23. The molecule has 1 N–H and O–H groups in total. The molecule has 0 radical (unpaired) electrons. The van der Waals surface area contributed by atoms with Crippen molar-refractivity contribution < 1.29 is 27.5 Å². The molecular weight excluding hydrogens is 462 g/mol. The molecular formula is C20H22BrNO6S. The number of ether oxygens (including phenoxy) is 2. The number of Topliss-reactive ketones (excluding diaryl/α,β-unsaturated/α-hetero) is 1. The van der Waals surface area contributed by atoms with Gasteiger partial charge in [-0.3, -0.25) is 4.79 Å². The van der Waals surface area contributed by atoms with E-state index in [9.17, 15) is 18.0 Å². The van der Waals surface area contributed by atoms with Crippen molar-refractivity contribution in [3.8, 4) is 5.75 Å². The van der Waals surface area contributed by atoms with Crippen LogP contribution in [0.2, 0.25) is 0 Å². The largest absolute Gasteiger partial charge is 0.497 e. The minimum atomic E-state index is -3.78. The smallest absolute Gasteiger partial charge is 0.340 e. The lowest BCUT2D eigenvalue weighted by atomic mass is 10.1. The first kappa shape index (κ1) is 23.1. The SMILES string of the molecule is COc1ccc(C(=O)C(C)OC(=O)c2cc(S(=O)(=O)NC(C)C)ccc2Br)cc1. The van der Waals surface area contributed by atoms with Gasteiger partial charge in [0.2, 0.25) is 15.8 Å². The van der Waals surface area contributed by atoms with Gasteiger partial charge < -0.3 is 9.47 Å². The fourth-order valence-corrected chi connectivity index (χ4v) is 4.16. The number of methoxy groups -OCH3 is 1. The third kappa shape index (κ3) is 5.88. The minimum Gasteiger partial charge on any atom is -0.497 e. The van der Waals surface area contributed by atoms with E-state index in [0.717, 1.165) is 0 Å². The number of ketones is 1. The average molecular weight is 484 g/mol. The first-order valence-electron chi connectivity index (χ1n) is 8.76. The summed E-state index contributed by atoms with van der Waals surface area (Å²) in [6.07, 6.45) is -1.06. The summed E-state index contributed by atoms with van der Waals surface area (Å²) in [5.74, 6) is -0.599. The van der Waals surface area contributed by atoms with Gasteiger partial charge in [0, 0.05) is 16.1 Å². The topological polar surface area (TPSA) is 98.8 Å². The summed E-state index contributed by atoms with van der Waals surface area (Å²) >= 11 is 3.22. The van der Waals surface area contributed by atoms with Crippen LogP contribution < -0.4 is 9.46 Å². The predicted molar refractivity (Wildman–Crippen MR) is 112 cm³/mol. The van der Waals surface area contributed by atoms with Gasteiger partial charge in [-0.2, -0.15) is 0 Å². The Kier molecular flexibility index (Phi) is 7.56. The molecule has 0 aromatic heterocycles. The molecule has 0 spiro atoms. The van der Waals surface area contributed by atoms with Crippen LogP contribution in [0.25, 0.3) is 0 Å². The Morgan fingerprint density at radius 1 is 1.03 bits per heavy atom. The quantitative estimate of drug-likeness (QED) is 0.455. The van der Waals surface area contributed by atoms with Gasteiger partial charge in [0.25, 0.3) is 0 Å². The van der Waals surface area contributed by atoms with Crippen LogP contribution in [-0.2, 0) is 14.8 Å². The number of hydrogen-bond donors (Lipinski definition) is 1. The van der Waals surface area contributed by atoms with Crippen LogP contribution in [0.3, 0.4) is 0 Å². The second kappa shape index (κ2) is 9.51. The van der Waals surface area contributed by atoms with E-state index in [1.165, 1.54) is 32.2 Å². The number of benzene rings is 2. The van der Waals surface area contributed by atoms with Gasteiger partial charge in [-0.15, -0.1) is 0 Å². The number of rotatable bonds is 8. The van der Waals surface area contributed by atoms with E-state index in [4.69, 9.17) is 9.47 Å². The summed E-state index contributed by atoms with van der Waals surface area (Å²) in [5, 5.41) is 0. The number of nitrogens with one attached hydrogen (secondary N) is 1. The molecule has 2 aromatic carbocycles. The van der Waals surface area contributed by atoms with Gasteiger partial charge in [0.05, 0.1) is 17.6 Å². The van der Waals surface area contributed by atoms with Crippen molar-refractivity contribution in [1.82, 2.24) is 4.72 Å². The Balaban J connectivity index is 2.21. The Labute approximate surface area is 178 Å². The summed E-state index contributed by atoms with van der Waals surface area (Å²) in [6.45, 7) is 4.84. The highest BCUT2D eigenvalue weighted by Gasteiger charge is 2.24. The lowest BCUT2D eigenvalue weighted by Crippen LogP contribution is -2.30. The molecule has 0 fully saturated rings. The van der Waals surface area contributed by atoms with Crippen molar-refractivity contribution >= 4 is 37.7 Å². The zero-order chi connectivity index (χ0) is 21.8. The molecule has 156 valence electrons. The predicted octanol–water partition coefficient (Wildman–Crippen LogP) is 3.57. The molecule has 29 heavy (non-hydrogen) atoms. The maximum atomic E-state index is 12.6. The fourth-order valence-electron chi connectivity index (χ4n) is 2.47. The van der Waals surface area contributed by atoms with Gasteiger partial charge in [-0.1, -0.05) is 0 Å². The summed E-state index contributed by atoms with van der Waals surface area (Å²) in [7, 11) is -2.27. The highest BCUT2D eigenvalue weighted by molar-refractivity contribution is 9.10. The van der Waals surface area contributed by atoms with Crippen LogP contribution in [0.1, 0.15) is 41.5 Å². The van der Waals surface area contributed by atoms with Crippen molar-refractivity contribution in [2.45, 2.75) is 37.8 Å². The molecule has 0 saturated heterocycles. The van der Waals surface area contributed by atoms with Crippen LogP contribution in [0.5, 0.6) is 5.75 Å². The van der Waals surface area contributed by atoms with Crippen molar-refractivity contribution in [3.63, 3.8) is 0 Å². The van der Waals surface area contributed by atoms with Gasteiger partial charge in [0.15, 0.2) is 6.10 Å². The van der Waals surface area contributed by atoms with Gasteiger partial charge in [-0.25, -0.2) is 17.9 Å². The minimum absolute atomic E-state index is 0.00557. The molecule has 0 saturated carbocycles. The molecule has 0 heterocycles. The molecule has 0 aliphatic heterocycles. The summed E-state index contributed by atoms with van der Waals surface area (Å²) in [6, 6.07) is 10.1. The Morgan fingerprint density at radius 3 is 2.21 bits per heavy atom. The summed E-state index contributed by atoms with van der Waals surface area (Å²) in [5.41, 5.74) is 0.369. The highest BCUT2D eigenvalue weighted by atomic mass is 79.9. The normalized spacial score (nSPS) is 12.5. The van der Waals surface area contributed by atoms with E-state index in [0.29, 0.717) is 15.8 Å². The zero-order valence-corrected chi connectivity index (χ0v) is 18.8. The summed E-state index contributed by atoms with van der Waals surface area (Å²) in [4.78, 5) is 25.0. The van der Waals surface area contributed by atoms with Crippen LogP contribution >= 0.6 is 15.9 Å². The van der Waals surface area contributed by atoms with Crippen LogP contribution in [0, 0.1) is 0 Å². The van der Waals surface area contributed by atoms with E-state index in [1.54, 1.807) is 38.1 Å². The molecule has 7 nitrogen and oxygen atoms in total. The van der Waals surface area contributed by atoms with Gasteiger partial charge in [0.1, 0.15) is 5.75 Å². The van der Waals surface area contributed by atoms with Crippen molar-refractivity contribution in [3.05, 3.63) is 58.1 Å². The molecule has 2 aromatic rings. The number of carbonyl (C=O) groups excluding carboxylic acids is 2. The monoisotopic (exact) mass is 483 g/mol. The molecule has 0 aliphatic carbocycles. The standard InChI is InChI=1S/C20H22BrNO6S/c1-12(2)22-29(25,26)16-9-10-18(21)17(11-16)20(24)28-13(3)19(23)14-5-7-15(27-4)8-6-14/h5-13,22H,1-4H3. The number of halogens is 1. The van der Waals surface area contributed by atoms with Crippen molar-refractivity contribution in [2.24, 2.45) is 0 Å². The summed E-state index contributed by atoms with van der Waals surface area (Å²) < 4.78 is 37.8. The van der Waals surface area contributed by atoms with Crippen molar-refractivity contribution in [2.75, 3.05) is 7.11 Å². The van der Waals surface area contributed by atoms with Crippen LogP contribution in [-0.4, -0.2) is 39.4 Å². The van der Waals surface area contributed by atoms with Crippen molar-refractivity contribution in [1.29, 1.82) is 0 Å². The average Bonchev–Trinajstić information content (AvgIpc) is 2.66. The molecule has 2 rings (SSSR count). The number of carbonyl (C=O) groups is 2. The maximum Gasteiger partial charge on any atom is 0.340 e. The van der Waals surface area contributed by atoms with E-state index < -0.39 is 22.1 Å². The Morgan fingerprint density at radius 2 is 1.66 bits per heavy atom. The number of esters is 1. The van der Waals surface area contributed by atoms with E-state index >= 15 is 0 Å². The fraction of sp³-hybridized carbons (Fsp3) is 0.300. The first-order valence-corrected chi connectivity index (χ1v) is 11.0. The van der Waals surface area contributed by atoms with Crippen LogP contribution in [0.15, 0.2) is 51.8 Å². The molecule has 0 aliphatic rings. The van der Waals surface area contributed by atoms with Crippen LogP contribution in [0.4, 0.5) is 0 Å². The molecule has 9 heteroatoms. The lowest BCUT2D eigenvalue weighted by Gasteiger charge is -2.15. The Bertz CT molecular complexity index is 1000. The van der Waals surface area contributed by atoms with E-state index in [-0.39, 0.29) is 22.3 Å². The molecule has 0 amide bonds. The first-order chi connectivity index (χ1) is 13.5. The molecule has 1 atom stereocenters. The zero-order valence-electron chi connectivity index (χ0n) is 16.4. The molecule has 1 unspecified atom stereocenters. The Hall–Kier alpha value is -2.23. The molecule has 0 bridgehead atoms. The second-order valence-corrected chi connectivity index (χ2v) is 9.13. The van der Waals surface area contributed by atoms with Gasteiger partial charge in [-0.05, 0) is 79.2 Å². The van der Waals surface area contributed by atoms with E-state index in [1.807, 2.05) is 0 Å².